The Balaban J connectivity index is 1.67. The molecule has 4 amide bonds. The van der Waals surface area contributed by atoms with E-state index in [-0.39, 0.29) is 6.61 Å². The number of nitrogens with one attached hydrogen (secondary N) is 2. The number of carbonyl (C=O) groups is 3. The summed E-state index contributed by atoms with van der Waals surface area (Å²) in [6.07, 6.45) is 0. The fraction of sp³-hybridized carbons (Fsp3) is 0.250. The first-order valence-corrected chi connectivity index (χ1v) is 9.12. The van der Waals surface area contributed by atoms with Crippen molar-refractivity contribution in [2.75, 3.05) is 13.7 Å². The number of halogens is 1. The average molecular weight is 418 g/mol. The van der Waals surface area contributed by atoms with Crippen LogP contribution in [0.4, 0.5) is 4.79 Å². The zero-order valence-electron chi connectivity index (χ0n) is 16.1. The van der Waals surface area contributed by atoms with Crippen molar-refractivity contribution in [1.29, 1.82) is 0 Å². The second-order valence-electron chi connectivity index (χ2n) is 6.66. The van der Waals surface area contributed by atoms with E-state index >= 15 is 0 Å². The Morgan fingerprint density at radius 3 is 2.66 bits per heavy atom. The molecule has 1 atom stereocenters. The lowest BCUT2D eigenvalue weighted by atomic mass is 9.92. The zero-order valence-corrected chi connectivity index (χ0v) is 16.9. The number of aryl methyl sites for hydroxylation is 1. The second kappa shape index (κ2) is 8.00. The summed E-state index contributed by atoms with van der Waals surface area (Å²) in [4.78, 5) is 37.4. The molecule has 29 heavy (non-hydrogen) atoms. The van der Waals surface area contributed by atoms with Crippen LogP contribution in [0.25, 0.3) is 0 Å². The van der Waals surface area contributed by atoms with Crippen LogP contribution in [-0.4, -0.2) is 36.6 Å². The highest BCUT2D eigenvalue weighted by molar-refractivity contribution is 6.31. The topological polar surface area (TPSA) is 97.0 Å². The zero-order chi connectivity index (χ0) is 21.2. The van der Waals surface area contributed by atoms with Gasteiger partial charge in [-0.2, -0.15) is 5.01 Å². The first-order chi connectivity index (χ1) is 13.7. The molecule has 0 unspecified atom stereocenters. The van der Waals surface area contributed by atoms with Crippen LogP contribution in [0.5, 0.6) is 11.5 Å². The van der Waals surface area contributed by atoms with Crippen LogP contribution in [0.15, 0.2) is 42.5 Å². The van der Waals surface area contributed by atoms with Gasteiger partial charge in [0.2, 0.25) is 0 Å². The molecule has 0 radical (unpaired) electrons. The molecule has 1 fully saturated rings. The van der Waals surface area contributed by atoms with E-state index in [0.717, 1.165) is 5.56 Å². The standard InChI is InChI=1S/C20H20ClN3O5/c1-12-9-15(7-8-16(12)21)29-11-17(25)23-24-18(26)20(2,22-19(24)27)13-5-4-6-14(10-13)28-3/h4-10H,11H2,1-3H3,(H,22,27)(H,23,25)/t20-/m1/s1. The van der Waals surface area contributed by atoms with Gasteiger partial charge in [0, 0.05) is 5.02 Å². The molecule has 152 valence electrons. The molecule has 2 aromatic carbocycles. The monoisotopic (exact) mass is 417 g/mol. The van der Waals surface area contributed by atoms with E-state index in [2.05, 4.69) is 10.7 Å². The Hall–Kier alpha value is -3.26. The maximum absolute atomic E-state index is 12.9. The van der Waals surface area contributed by atoms with Crippen molar-refractivity contribution in [3.63, 3.8) is 0 Å². The van der Waals surface area contributed by atoms with Crippen LogP contribution in [0.2, 0.25) is 5.02 Å². The summed E-state index contributed by atoms with van der Waals surface area (Å²) in [5, 5.41) is 3.83. The van der Waals surface area contributed by atoms with Crippen LogP contribution in [0.1, 0.15) is 18.1 Å². The summed E-state index contributed by atoms with van der Waals surface area (Å²) in [5.74, 6) is -0.289. The largest absolute Gasteiger partial charge is 0.497 e. The molecular weight excluding hydrogens is 398 g/mol. The molecule has 2 aromatic rings. The van der Waals surface area contributed by atoms with E-state index in [1.54, 1.807) is 49.4 Å². The number of carbonyl (C=O) groups excluding carboxylic acids is 3. The molecule has 2 N–H and O–H groups in total. The number of methoxy groups -OCH3 is 1. The predicted molar refractivity (Wildman–Crippen MR) is 106 cm³/mol. The Morgan fingerprint density at radius 1 is 1.21 bits per heavy atom. The van der Waals surface area contributed by atoms with Gasteiger partial charge in [0.1, 0.15) is 17.0 Å². The third-order valence-corrected chi connectivity index (χ3v) is 5.00. The predicted octanol–water partition coefficient (Wildman–Crippen LogP) is 2.53. The van der Waals surface area contributed by atoms with Gasteiger partial charge in [-0.05, 0) is 55.3 Å². The highest BCUT2D eigenvalue weighted by Crippen LogP contribution is 2.30. The Morgan fingerprint density at radius 2 is 1.97 bits per heavy atom. The number of rotatable bonds is 6. The summed E-state index contributed by atoms with van der Waals surface area (Å²) >= 11 is 5.95. The van der Waals surface area contributed by atoms with E-state index in [9.17, 15) is 14.4 Å². The molecule has 0 aromatic heterocycles. The Labute approximate surface area is 172 Å². The summed E-state index contributed by atoms with van der Waals surface area (Å²) in [5.41, 5.74) is 2.26. The molecule has 0 aliphatic carbocycles. The average Bonchev–Trinajstić information content (AvgIpc) is 2.93. The Kier molecular flexibility index (Phi) is 5.65. The van der Waals surface area contributed by atoms with Crippen molar-refractivity contribution in [3.8, 4) is 11.5 Å². The molecule has 0 saturated carbocycles. The quantitative estimate of drug-likeness (QED) is 0.704. The molecular formula is C20H20ClN3O5. The highest BCUT2D eigenvalue weighted by Gasteiger charge is 2.50. The summed E-state index contributed by atoms with van der Waals surface area (Å²) < 4.78 is 10.6. The molecule has 0 bridgehead atoms. The van der Waals surface area contributed by atoms with Crippen molar-refractivity contribution < 1.29 is 23.9 Å². The summed E-state index contributed by atoms with van der Waals surface area (Å²) in [7, 11) is 1.51. The molecule has 1 heterocycles. The van der Waals surface area contributed by atoms with E-state index < -0.39 is 23.4 Å². The third-order valence-electron chi connectivity index (χ3n) is 4.57. The van der Waals surface area contributed by atoms with Crippen molar-refractivity contribution in [2.24, 2.45) is 0 Å². The van der Waals surface area contributed by atoms with Gasteiger partial charge >= 0.3 is 6.03 Å². The molecule has 3 rings (SSSR count). The molecule has 8 nitrogen and oxygen atoms in total. The van der Waals surface area contributed by atoms with E-state index in [1.807, 2.05) is 6.92 Å². The normalized spacial score (nSPS) is 18.4. The fourth-order valence-electron chi connectivity index (χ4n) is 2.88. The van der Waals surface area contributed by atoms with Crippen LogP contribution >= 0.6 is 11.6 Å². The molecule has 1 aliphatic rings. The van der Waals surface area contributed by atoms with E-state index in [0.29, 0.717) is 27.1 Å². The minimum absolute atomic E-state index is 0.381. The van der Waals surface area contributed by atoms with Gasteiger partial charge in [-0.25, -0.2) is 4.79 Å². The maximum Gasteiger partial charge on any atom is 0.344 e. The molecule has 1 aliphatic heterocycles. The van der Waals surface area contributed by atoms with Gasteiger partial charge in [0.05, 0.1) is 7.11 Å². The minimum atomic E-state index is -1.34. The number of hydrazine groups is 1. The van der Waals surface area contributed by atoms with Gasteiger partial charge in [0.15, 0.2) is 6.61 Å². The number of ether oxygens (including phenoxy) is 2. The van der Waals surface area contributed by atoms with Crippen molar-refractivity contribution >= 4 is 29.4 Å². The SMILES string of the molecule is COc1cccc([C@@]2(C)NC(=O)N(NC(=O)COc3ccc(Cl)c(C)c3)C2=O)c1. The maximum atomic E-state index is 12.9. The summed E-state index contributed by atoms with van der Waals surface area (Å²) in [6.45, 7) is 2.98. The van der Waals surface area contributed by atoms with Gasteiger partial charge in [-0.15, -0.1) is 0 Å². The first kappa shape index (κ1) is 20.5. The van der Waals surface area contributed by atoms with Crippen LogP contribution in [0.3, 0.4) is 0 Å². The lowest BCUT2D eigenvalue weighted by Gasteiger charge is -2.22. The third kappa shape index (κ3) is 4.12. The second-order valence-corrected chi connectivity index (χ2v) is 7.07. The lowest BCUT2D eigenvalue weighted by Crippen LogP contribution is -2.49. The van der Waals surface area contributed by atoms with Crippen LogP contribution in [0, 0.1) is 6.92 Å². The van der Waals surface area contributed by atoms with E-state index in [4.69, 9.17) is 21.1 Å². The van der Waals surface area contributed by atoms with Gasteiger partial charge < -0.3 is 14.8 Å². The number of nitrogens with zero attached hydrogens (tertiary/aromatic N) is 1. The number of hydrogen-bond acceptors (Lipinski definition) is 5. The molecule has 9 heteroatoms. The fourth-order valence-corrected chi connectivity index (χ4v) is 3.00. The first-order valence-electron chi connectivity index (χ1n) is 8.74. The number of amides is 4. The number of hydrogen-bond donors (Lipinski definition) is 2. The lowest BCUT2D eigenvalue weighted by molar-refractivity contribution is -0.139. The minimum Gasteiger partial charge on any atom is -0.497 e. The van der Waals surface area contributed by atoms with Crippen molar-refractivity contribution in [2.45, 2.75) is 19.4 Å². The number of benzene rings is 2. The number of imide groups is 1. The van der Waals surface area contributed by atoms with Gasteiger partial charge in [-0.3, -0.25) is 15.0 Å². The van der Waals surface area contributed by atoms with Crippen molar-refractivity contribution in [3.05, 3.63) is 58.6 Å². The summed E-state index contributed by atoms with van der Waals surface area (Å²) in [6, 6.07) is 11.0. The van der Waals surface area contributed by atoms with Crippen LogP contribution in [-0.2, 0) is 15.1 Å². The molecule has 0 spiro atoms. The highest BCUT2D eigenvalue weighted by atomic mass is 35.5. The molecule has 1 saturated heterocycles. The smallest absolute Gasteiger partial charge is 0.344 e. The van der Waals surface area contributed by atoms with Gasteiger partial charge in [0.25, 0.3) is 11.8 Å². The van der Waals surface area contributed by atoms with Gasteiger partial charge in [-0.1, -0.05) is 23.7 Å². The van der Waals surface area contributed by atoms with Crippen molar-refractivity contribution in [1.82, 2.24) is 15.8 Å². The Bertz CT molecular complexity index is 980. The van der Waals surface area contributed by atoms with Crippen LogP contribution < -0.4 is 20.2 Å². The number of urea groups is 1. The van der Waals surface area contributed by atoms with E-state index in [1.165, 1.54) is 7.11 Å².